The third-order valence-corrected chi connectivity index (χ3v) is 6.81. The average Bonchev–Trinajstić information content (AvgIpc) is 3.63. The first kappa shape index (κ1) is 25.4. The first-order valence-corrected chi connectivity index (χ1v) is 12.9. The van der Waals surface area contributed by atoms with Gasteiger partial charge < -0.3 is 23.4 Å². The van der Waals surface area contributed by atoms with E-state index in [0.29, 0.717) is 30.4 Å². The molecule has 2 amide bonds. The SMILES string of the molecule is CC(C)C(=O)N1CCc2ccc(OCc3ccc(C(=O)N(C)Cc4ccco4)o3)cc2[C@@H]1c1ccccc1. The van der Waals surface area contributed by atoms with E-state index in [2.05, 4.69) is 18.2 Å². The fourth-order valence-electron chi connectivity index (χ4n) is 4.87. The molecule has 2 aromatic carbocycles. The summed E-state index contributed by atoms with van der Waals surface area (Å²) < 4.78 is 17.2. The van der Waals surface area contributed by atoms with Crippen LogP contribution in [-0.4, -0.2) is 35.2 Å². The maximum atomic E-state index is 13.1. The summed E-state index contributed by atoms with van der Waals surface area (Å²) in [6, 6.07) is 23.0. The van der Waals surface area contributed by atoms with E-state index in [1.54, 1.807) is 36.4 Å². The Morgan fingerprint density at radius 1 is 1.03 bits per heavy atom. The number of carbonyl (C=O) groups is 2. The van der Waals surface area contributed by atoms with Crippen LogP contribution in [0.1, 0.15) is 58.7 Å². The number of hydrogen-bond donors (Lipinski definition) is 0. The molecular formula is C31H32N2O5. The van der Waals surface area contributed by atoms with Gasteiger partial charge in [0.1, 0.15) is 23.9 Å². The van der Waals surface area contributed by atoms with E-state index < -0.39 is 0 Å². The normalized spacial score (nSPS) is 14.8. The van der Waals surface area contributed by atoms with Crippen LogP contribution in [0.3, 0.4) is 0 Å². The second-order valence-corrected chi connectivity index (χ2v) is 9.91. The Kier molecular flexibility index (Phi) is 7.36. The van der Waals surface area contributed by atoms with E-state index in [9.17, 15) is 9.59 Å². The van der Waals surface area contributed by atoms with E-state index in [4.69, 9.17) is 13.6 Å². The standard InChI is InChI=1S/C31H32N2O5/c1-21(2)30(34)33-16-15-22-11-12-24(18-27(22)29(33)23-8-5-4-6-9-23)37-20-26-13-14-28(38-26)31(35)32(3)19-25-10-7-17-36-25/h4-14,17-18,21,29H,15-16,19-20H2,1-3H3/t29-/m0/s1. The molecule has 0 fully saturated rings. The van der Waals surface area contributed by atoms with E-state index in [1.165, 1.54) is 5.56 Å². The summed E-state index contributed by atoms with van der Waals surface area (Å²) in [5.74, 6) is 2.00. The number of benzene rings is 2. The van der Waals surface area contributed by atoms with Gasteiger partial charge in [0.05, 0.1) is 18.8 Å². The second-order valence-electron chi connectivity index (χ2n) is 9.91. The van der Waals surface area contributed by atoms with Crippen LogP contribution in [0.5, 0.6) is 5.75 Å². The van der Waals surface area contributed by atoms with E-state index in [0.717, 1.165) is 17.5 Å². The zero-order valence-corrected chi connectivity index (χ0v) is 21.9. The summed E-state index contributed by atoms with van der Waals surface area (Å²) in [7, 11) is 1.70. The monoisotopic (exact) mass is 512 g/mol. The number of nitrogens with zero attached hydrogens (tertiary/aromatic N) is 2. The highest BCUT2D eigenvalue weighted by atomic mass is 16.5. The van der Waals surface area contributed by atoms with Crippen molar-refractivity contribution in [1.29, 1.82) is 0 Å². The molecule has 1 aliphatic rings. The molecule has 0 saturated carbocycles. The average molecular weight is 513 g/mol. The van der Waals surface area contributed by atoms with Crippen molar-refractivity contribution in [2.45, 2.75) is 39.5 Å². The van der Waals surface area contributed by atoms with Crippen LogP contribution < -0.4 is 4.74 Å². The molecule has 196 valence electrons. The molecule has 0 spiro atoms. The lowest BCUT2D eigenvalue weighted by Gasteiger charge is -2.39. The third-order valence-electron chi connectivity index (χ3n) is 6.81. The molecule has 0 N–H and O–H groups in total. The van der Waals surface area contributed by atoms with Crippen molar-refractivity contribution < 1.29 is 23.2 Å². The highest BCUT2D eigenvalue weighted by molar-refractivity contribution is 5.91. The number of ether oxygens (including phenoxy) is 1. The minimum Gasteiger partial charge on any atom is -0.486 e. The van der Waals surface area contributed by atoms with Crippen molar-refractivity contribution >= 4 is 11.8 Å². The molecule has 5 rings (SSSR count). The van der Waals surface area contributed by atoms with Crippen molar-refractivity contribution in [2.75, 3.05) is 13.6 Å². The first-order valence-electron chi connectivity index (χ1n) is 12.9. The van der Waals surface area contributed by atoms with Crippen LogP contribution >= 0.6 is 0 Å². The smallest absolute Gasteiger partial charge is 0.289 e. The number of rotatable bonds is 8. The molecular weight excluding hydrogens is 480 g/mol. The van der Waals surface area contributed by atoms with E-state index >= 15 is 0 Å². The molecule has 0 unspecified atom stereocenters. The van der Waals surface area contributed by atoms with Gasteiger partial charge in [0, 0.05) is 19.5 Å². The molecule has 1 atom stereocenters. The van der Waals surface area contributed by atoms with Gasteiger partial charge in [0.25, 0.3) is 5.91 Å². The van der Waals surface area contributed by atoms with Crippen LogP contribution in [0, 0.1) is 5.92 Å². The van der Waals surface area contributed by atoms with Crippen molar-refractivity contribution in [3.05, 3.63) is 113 Å². The lowest BCUT2D eigenvalue weighted by molar-refractivity contribution is -0.136. The van der Waals surface area contributed by atoms with Crippen molar-refractivity contribution in [3.63, 3.8) is 0 Å². The predicted molar refractivity (Wildman–Crippen MR) is 143 cm³/mol. The van der Waals surface area contributed by atoms with Gasteiger partial charge in [0.2, 0.25) is 5.91 Å². The van der Waals surface area contributed by atoms with Gasteiger partial charge in [-0.25, -0.2) is 0 Å². The maximum absolute atomic E-state index is 13.1. The van der Waals surface area contributed by atoms with Crippen LogP contribution in [0.2, 0.25) is 0 Å². The molecule has 0 aliphatic carbocycles. The summed E-state index contributed by atoms with van der Waals surface area (Å²) >= 11 is 0. The van der Waals surface area contributed by atoms with E-state index in [1.807, 2.05) is 55.1 Å². The molecule has 0 radical (unpaired) electrons. The number of carbonyl (C=O) groups excluding carboxylic acids is 2. The Labute approximate surface area is 222 Å². The molecule has 3 heterocycles. The lowest BCUT2D eigenvalue weighted by Crippen LogP contribution is -2.42. The molecule has 7 nitrogen and oxygen atoms in total. The summed E-state index contributed by atoms with van der Waals surface area (Å²) in [6.07, 6.45) is 2.38. The molecule has 1 aliphatic heterocycles. The first-order chi connectivity index (χ1) is 18.4. The molecule has 0 saturated heterocycles. The van der Waals surface area contributed by atoms with Crippen molar-refractivity contribution in [1.82, 2.24) is 9.80 Å². The molecule has 4 aromatic rings. The summed E-state index contributed by atoms with van der Waals surface area (Å²) in [5, 5.41) is 0. The topological polar surface area (TPSA) is 76.1 Å². The second kappa shape index (κ2) is 11.0. The summed E-state index contributed by atoms with van der Waals surface area (Å²) in [4.78, 5) is 29.4. The Morgan fingerprint density at radius 2 is 1.84 bits per heavy atom. The van der Waals surface area contributed by atoms with Crippen LogP contribution in [0.15, 0.2) is 87.9 Å². The van der Waals surface area contributed by atoms with Gasteiger partial charge in [-0.15, -0.1) is 0 Å². The largest absolute Gasteiger partial charge is 0.486 e. The van der Waals surface area contributed by atoms with Gasteiger partial charge >= 0.3 is 0 Å². The quantitative estimate of drug-likeness (QED) is 0.296. The van der Waals surface area contributed by atoms with Crippen molar-refractivity contribution in [2.24, 2.45) is 5.92 Å². The predicted octanol–water partition coefficient (Wildman–Crippen LogP) is 5.85. The van der Waals surface area contributed by atoms with Gasteiger partial charge in [-0.2, -0.15) is 0 Å². The summed E-state index contributed by atoms with van der Waals surface area (Å²) in [6.45, 7) is 5.10. The van der Waals surface area contributed by atoms with E-state index in [-0.39, 0.29) is 36.1 Å². The summed E-state index contributed by atoms with van der Waals surface area (Å²) in [5.41, 5.74) is 3.36. The minimum absolute atomic E-state index is 0.0869. The third kappa shape index (κ3) is 5.37. The Hall–Kier alpha value is -4.26. The van der Waals surface area contributed by atoms with Gasteiger partial charge in [-0.3, -0.25) is 9.59 Å². The Morgan fingerprint density at radius 3 is 2.58 bits per heavy atom. The zero-order chi connectivity index (χ0) is 26.6. The number of fused-ring (bicyclic) bond motifs is 1. The Balaban J connectivity index is 1.32. The minimum atomic E-state index is -0.234. The fourth-order valence-corrected chi connectivity index (χ4v) is 4.87. The maximum Gasteiger partial charge on any atom is 0.289 e. The molecule has 38 heavy (non-hydrogen) atoms. The molecule has 2 aromatic heterocycles. The highest BCUT2D eigenvalue weighted by Gasteiger charge is 2.33. The van der Waals surface area contributed by atoms with Gasteiger partial charge in [-0.1, -0.05) is 50.2 Å². The number of furan rings is 2. The lowest BCUT2D eigenvalue weighted by atomic mass is 9.87. The molecule has 7 heteroatoms. The van der Waals surface area contributed by atoms with Gasteiger partial charge in [-0.05, 0) is 59.5 Å². The Bertz CT molecular complexity index is 1390. The van der Waals surface area contributed by atoms with Crippen LogP contribution in [0.4, 0.5) is 0 Å². The highest BCUT2D eigenvalue weighted by Crippen LogP contribution is 2.38. The van der Waals surface area contributed by atoms with Gasteiger partial charge in [0.15, 0.2) is 5.76 Å². The zero-order valence-electron chi connectivity index (χ0n) is 21.9. The number of amides is 2. The molecule has 0 bridgehead atoms. The number of hydrogen-bond acceptors (Lipinski definition) is 5. The fraction of sp³-hybridized carbons (Fsp3) is 0.290. The van der Waals surface area contributed by atoms with Crippen LogP contribution in [-0.2, 0) is 24.4 Å². The van der Waals surface area contributed by atoms with Crippen molar-refractivity contribution in [3.8, 4) is 5.75 Å². The van der Waals surface area contributed by atoms with Crippen LogP contribution in [0.25, 0.3) is 0 Å².